The standard InChI is InChI=1S/C9H20NO5P/c1-4-14-16(12,15-5-2)7-6-10-8-9(11)13-3/h10H,4-8H2,1-3H3. The van der Waals surface area contributed by atoms with Crippen molar-refractivity contribution in [3.05, 3.63) is 0 Å². The number of ether oxygens (including phenoxy) is 1. The Labute approximate surface area is 96.2 Å². The van der Waals surface area contributed by atoms with E-state index in [1.54, 1.807) is 13.8 Å². The van der Waals surface area contributed by atoms with Crippen LogP contribution in [0.25, 0.3) is 0 Å². The van der Waals surface area contributed by atoms with E-state index in [4.69, 9.17) is 9.05 Å². The van der Waals surface area contributed by atoms with Gasteiger partial charge in [-0.25, -0.2) is 0 Å². The molecule has 0 bridgehead atoms. The lowest BCUT2D eigenvalue weighted by atomic mass is 10.6. The Bertz CT molecular complexity index is 236. The lowest BCUT2D eigenvalue weighted by molar-refractivity contribution is -0.139. The first kappa shape index (κ1) is 15.6. The van der Waals surface area contributed by atoms with Crippen molar-refractivity contribution in [1.82, 2.24) is 5.32 Å². The summed E-state index contributed by atoms with van der Waals surface area (Å²) in [7, 11) is -1.69. The van der Waals surface area contributed by atoms with Crippen LogP contribution in [0.3, 0.4) is 0 Å². The van der Waals surface area contributed by atoms with Gasteiger partial charge in [-0.05, 0) is 13.8 Å². The minimum Gasteiger partial charge on any atom is -0.468 e. The van der Waals surface area contributed by atoms with Gasteiger partial charge < -0.3 is 19.1 Å². The monoisotopic (exact) mass is 253 g/mol. The number of esters is 1. The predicted molar refractivity (Wildman–Crippen MR) is 60.6 cm³/mol. The quantitative estimate of drug-likeness (QED) is 0.375. The van der Waals surface area contributed by atoms with Crippen molar-refractivity contribution in [1.29, 1.82) is 0 Å². The summed E-state index contributed by atoms with van der Waals surface area (Å²) in [5, 5.41) is 2.80. The smallest absolute Gasteiger partial charge is 0.331 e. The fraction of sp³-hybridized carbons (Fsp3) is 0.889. The number of hydrogen-bond donors (Lipinski definition) is 1. The van der Waals surface area contributed by atoms with Crippen molar-refractivity contribution in [3.8, 4) is 0 Å². The van der Waals surface area contributed by atoms with E-state index in [0.29, 0.717) is 19.8 Å². The molecule has 0 aromatic carbocycles. The second-order valence-electron chi connectivity index (χ2n) is 2.92. The molecule has 0 aromatic rings. The van der Waals surface area contributed by atoms with Crippen molar-refractivity contribution in [2.75, 3.05) is 39.6 Å². The number of carbonyl (C=O) groups is 1. The molecule has 0 aliphatic heterocycles. The Balaban J connectivity index is 3.85. The molecule has 0 aromatic heterocycles. The molecule has 0 unspecified atom stereocenters. The highest BCUT2D eigenvalue weighted by atomic mass is 31.2. The summed E-state index contributed by atoms with van der Waals surface area (Å²) in [5.74, 6) is -0.359. The van der Waals surface area contributed by atoms with Crippen LogP contribution in [-0.2, 0) is 23.1 Å². The van der Waals surface area contributed by atoms with Crippen molar-refractivity contribution >= 4 is 13.6 Å². The average molecular weight is 253 g/mol. The van der Waals surface area contributed by atoms with Crippen LogP contribution in [0.5, 0.6) is 0 Å². The molecule has 96 valence electrons. The molecule has 6 nitrogen and oxygen atoms in total. The highest BCUT2D eigenvalue weighted by Gasteiger charge is 2.22. The normalized spacial score (nSPS) is 11.4. The van der Waals surface area contributed by atoms with Crippen LogP contribution >= 0.6 is 7.60 Å². The lowest BCUT2D eigenvalue weighted by Crippen LogP contribution is -2.27. The van der Waals surface area contributed by atoms with Gasteiger partial charge in [0.2, 0.25) is 0 Å². The van der Waals surface area contributed by atoms with Gasteiger partial charge in [0.1, 0.15) is 0 Å². The van der Waals surface area contributed by atoms with E-state index < -0.39 is 7.60 Å². The molecule has 0 aliphatic carbocycles. The molecule has 0 atom stereocenters. The van der Waals surface area contributed by atoms with E-state index in [2.05, 4.69) is 10.1 Å². The maximum Gasteiger partial charge on any atom is 0.331 e. The fourth-order valence-electron chi connectivity index (χ4n) is 1.04. The van der Waals surface area contributed by atoms with Crippen LogP contribution < -0.4 is 5.32 Å². The number of methoxy groups -OCH3 is 1. The number of rotatable bonds is 9. The van der Waals surface area contributed by atoms with Gasteiger partial charge in [-0.1, -0.05) is 0 Å². The minimum atomic E-state index is -3.00. The Morgan fingerprint density at radius 3 is 2.25 bits per heavy atom. The van der Waals surface area contributed by atoms with Gasteiger partial charge in [0.15, 0.2) is 0 Å². The summed E-state index contributed by atoms with van der Waals surface area (Å²) in [4.78, 5) is 10.8. The Kier molecular flexibility index (Phi) is 8.47. The van der Waals surface area contributed by atoms with Crippen molar-refractivity contribution in [3.63, 3.8) is 0 Å². The Hall–Kier alpha value is -0.420. The van der Waals surface area contributed by atoms with Crippen LogP contribution in [0.4, 0.5) is 0 Å². The van der Waals surface area contributed by atoms with E-state index >= 15 is 0 Å². The first-order chi connectivity index (χ1) is 7.58. The van der Waals surface area contributed by atoms with Crippen LogP contribution in [0.15, 0.2) is 0 Å². The average Bonchev–Trinajstić information content (AvgIpc) is 2.25. The molecule has 7 heteroatoms. The molecular formula is C9H20NO5P. The first-order valence-corrected chi connectivity index (χ1v) is 6.96. The van der Waals surface area contributed by atoms with E-state index in [9.17, 15) is 9.36 Å². The topological polar surface area (TPSA) is 73.9 Å². The second-order valence-corrected chi connectivity index (χ2v) is 5.11. The van der Waals surface area contributed by atoms with Crippen LogP contribution in [-0.4, -0.2) is 45.5 Å². The third-order valence-corrected chi connectivity index (χ3v) is 3.79. The molecule has 0 rings (SSSR count). The highest BCUT2D eigenvalue weighted by Crippen LogP contribution is 2.47. The van der Waals surface area contributed by atoms with Gasteiger partial charge in [0.05, 0.1) is 33.0 Å². The molecular weight excluding hydrogens is 233 g/mol. The maximum absolute atomic E-state index is 11.9. The van der Waals surface area contributed by atoms with E-state index in [-0.39, 0.29) is 18.7 Å². The van der Waals surface area contributed by atoms with E-state index in [1.807, 2.05) is 0 Å². The number of nitrogens with one attached hydrogen (secondary N) is 1. The summed E-state index contributed by atoms with van der Waals surface area (Å²) < 4.78 is 26.5. The molecule has 0 radical (unpaired) electrons. The summed E-state index contributed by atoms with van der Waals surface area (Å²) in [6.45, 7) is 4.67. The molecule has 0 spiro atoms. The third kappa shape index (κ3) is 6.95. The summed E-state index contributed by atoms with van der Waals surface area (Å²) >= 11 is 0. The maximum atomic E-state index is 11.9. The number of hydrogen-bond acceptors (Lipinski definition) is 6. The molecule has 0 aliphatic rings. The Morgan fingerprint density at radius 1 is 1.25 bits per heavy atom. The molecule has 0 amide bonds. The zero-order valence-electron chi connectivity index (χ0n) is 10.0. The Morgan fingerprint density at radius 2 is 1.81 bits per heavy atom. The van der Waals surface area contributed by atoms with E-state index in [1.165, 1.54) is 7.11 Å². The molecule has 0 fully saturated rings. The predicted octanol–water partition coefficient (Wildman–Crippen LogP) is 1.02. The molecule has 16 heavy (non-hydrogen) atoms. The van der Waals surface area contributed by atoms with Gasteiger partial charge in [-0.2, -0.15) is 0 Å². The summed E-state index contributed by atoms with van der Waals surface area (Å²) in [6.07, 6.45) is 0.242. The molecule has 0 saturated carbocycles. The van der Waals surface area contributed by atoms with Gasteiger partial charge in [0, 0.05) is 6.54 Å². The van der Waals surface area contributed by atoms with Crippen LogP contribution in [0.2, 0.25) is 0 Å². The van der Waals surface area contributed by atoms with E-state index in [0.717, 1.165) is 0 Å². The van der Waals surface area contributed by atoms with Crippen LogP contribution in [0.1, 0.15) is 13.8 Å². The van der Waals surface area contributed by atoms with Gasteiger partial charge in [-0.3, -0.25) is 9.36 Å². The van der Waals surface area contributed by atoms with Gasteiger partial charge in [-0.15, -0.1) is 0 Å². The number of carbonyl (C=O) groups excluding carboxylic acids is 1. The fourth-order valence-corrected chi connectivity index (χ4v) is 2.59. The van der Waals surface area contributed by atoms with Crippen LogP contribution in [0, 0.1) is 0 Å². The second kappa shape index (κ2) is 8.70. The molecule has 0 saturated heterocycles. The first-order valence-electron chi connectivity index (χ1n) is 5.23. The zero-order chi connectivity index (χ0) is 12.4. The SMILES string of the molecule is CCOP(=O)(CCNCC(=O)OC)OCC. The van der Waals surface area contributed by atoms with Gasteiger partial charge in [0.25, 0.3) is 0 Å². The van der Waals surface area contributed by atoms with Gasteiger partial charge >= 0.3 is 13.6 Å². The highest BCUT2D eigenvalue weighted by molar-refractivity contribution is 7.53. The largest absolute Gasteiger partial charge is 0.468 e. The zero-order valence-corrected chi connectivity index (χ0v) is 10.9. The van der Waals surface area contributed by atoms with Crippen molar-refractivity contribution in [2.45, 2.75) is 13.8 Å². The molecule has 0 heterocycles. The summed E-state index contributed by atoms with van der Waals surface area (Å²) in [6, 6.07) is 0. The van der Waals surface area contributed by atoms with Crippen molar-refractivity contribution < 1.29 is 23.1 Å². The minimum absolute atomic E-state index is 0.0920. The lowest BCUT2D eigenvalue weighted by Gasteiger charge is -2.16. The summed E-state index contributed by atoms with van der Waals surface area (Å²) in [5.41, 5.74) is 0. The van der Waals surface area contributed by atoms with Crippen molar-refractivity contribution in [2.24, 2.45) is 0 Å². The third-order valence-electron chi connectivity index (χ3n) is 1.71. The molecule has 1 N–H and O–H groups in total.